The summed E-state index contributed by atoms with van der Waals surface area (Å²) in [5.74, 6) is -2.19. The molecule has 0 saturated heterocycles. The Kier molecular flexibility index (Phi) is 4.78. The molecule has 0 aliphatic carbocycles. The van der Waals surface area contributed by atoms with E-state index in [-0.39, 0.29) is 23.5 Å². The average molecular weight is 320 g/mol. The van der Waals surface area contributed by atoms with Gasteiger partial charge in [-0.2, -0.15) is 0 Å². The maximum Gasteiger partial charge on any atom is 0.323 e. The molecule has 0 atom stereocenters. The molecule has 2 aromatic rings. The molecule has 6 nitrogen and oxygen atoms in total. The van der Waals surface area contributed by atoms with Gasteiger partial charge in [-0.1, -0.05) is 13.8 Å². The number of H-pyrrole nitrogens is 1. The Morgan fingerprint density at radius 1 is 1.30 bits per heavy atom. The monoisotopic (exact) mass is 320 g/mol. The van der Waals surface area contributed by atoms with E-state index in [2.05, 4.69) is 4.98 Å². The number of pyridine rings is 1. The van der Waals surface area contributed by atoms with Gasteiger partial charge in [-0.25, -0.2) is 4.39 Å². The smallest absolute Gasteiger partial charge is 0.323 e. The van der Waals surface area contributed by atoms with Gasteiger partial charge in [0.25, 0.3) is 5.91 Å². The van der Waals surface area contributed by atoms with Gasteiger partial charge in [-0.15, -0.1) is 0 Å². The summed E-state index contributed by atoms with van der Waals surface area (Å²) in [5.41, 5.74) is -0.294. The molecule has 0 unspecified atom stereocenters. The first-order chi connectivity index (χ1) is 10.8. The summed E-state index contributed by atoms with van der Waals surface area (Å²) in [4.78, 5) is 39.0. The van der Waals surface area contributed by atoms with Gasteiger partial charge in [0.1, 0.15) is 12.4 Å². The van der Waals surface area contributed by atoms with E-state index in [1.165, 1.54) is 17.0 Å². The van der Waals surface area contributed by atoms with Crippen LogP contribution in [0.15, 0.2) is 29.1 Å². The zero-order valence-corrected chi connectivity index (χ0v) is 12.8. The van der Waals surface area contributed by atoms with Gasteiger partial charge in [-0.05, 0) is 24.1 Å². The second kappa shape index (κ2) is 6.60. The minimum absolute atomic E-state index is 0.0593. The zero-order chi connectivity index (χ0) is 17.1. The van der Waals surface area contributed by atoms with Crippen molar-refractivity contribution >= 4 is 22.8 Å². The highest BCUT2D eigenvalue weighted by Gasteiger charge is 2.22. The minimum atomic E-state index is -1.14. The van der Waals surface area contributed by atoms with Crippen molar-refractivity contribution in [2.24, 2.45) is 5.92 Å². The van der Waals surface area contributed by atoms with E-state index in [1.807, 2.05) is 13.8 Å². The number of carboxylic acids is 1. The molecule has 0 fully saturated rings. The van der Waals surface area contributed by atoms with Crippen molar-refractivity contribution in [2.45, 2.75) is 13.8 Å². The fourth-order valence-corrected chi connectivity index (χ4v) is 2.40. The fourth-order valence-electron chi connectivity index (χ4n) is 2.40. The van der Waals surface area contributed by atoms with Gasteiger partial charge in [-0.3, -0.25) is 14.4 Å². The van der Waals surface area contributed by atoms with Crippen LogP contribution in [0.4, 0.5) is 4.39 Å². The van der Waals surface area contributed by atoms with Crippen LogP contribution in [0.25, 0.3) is 10.9 Å². The number of nitrogens with zero attached hydrogens (tertiary/aromatic N) is 1. The quantitative estimate of drug-likeness (QED) is 0.879. The third kappa shape index (κ3) is 3.94. The SMILES string of the molecule is CC(C)CN(CC(=O)O)C(=O)c1cc(=O)[nH]c2cc(F)ccc12. The van der Waals surface area contributed by atoms with Gasteiger partial charge in [0.05, 0.1) is 11.1 Å². The number of carboxylic acid groups (broad SMARTS) is 1. The number of nitrogens with one attached hydrogen (secondary N) is 1. The van der Waals surface area contributed by atoms with Gasteiger partial charge in [0, 0.05) is 18.0 Å². The molecule has 1 aromatic carbocycles. The van der Waals surface area contributed by atoms with Crippen LogP contribution >= 0.6 is 0 Å². The molecule has 1 amide bonds. The van der Waals surface area contributed by atoms with Crippen LogP contribution in [-0.2, 0) is 4.79 Å². The average Bonchev–Trinajstić information content (AvgIpc) is 2.43. The van der Waals surface area contributed by atoms with Crippen LogP contribution in [0, 0.1) is 11.7 Å². The molecule has 7 heteroatoms. The maximum absolute atomic E-state index is 13.3. The number of amides is 1. The van der Waals surface area contributed by atoms with Gasteiger partial charge < -0.3 is 15.0 Å². The number of carbonyl (C=O) groups excluding carboxylic acids is 1. The number of hydrogen-bond acceptors (Lipinski definition) is 3. The molecule has 1 heterocycles. The van der Waals surface area contributed by atoms with Crippen molar-refractivity contribution < 1.29 is 19.1 Å². The molecule has 23 heavy (non-hydrogen) atoms. The molecule has 2 N–H and O–H groups in total. The van der Waals surface area contributed by atoms with E-state index in [0.717, 1.165) is 12.1 Å². The molecule has 2 rings (SSSR count). The number of fused-ring (bicyclic) bond motifs is 1. The molecular formula is C16H17FN2O4. The van der Waals surface area contributed by atoms with Gasteiger partial charge in [0.2, 0.25) is 5.56 Å². The number of aromatic nitrogens is 1. The first-order valence-electron chi connectivity index (χ1n) is 7.11. The lowest BCUT2D eigenvalue weighted by Crippen LogP contribution is -2.38. The van der Waals surface area contributed by atoms with Crippen LogP contribution in [-0.4, -0.2) is 40.0 Å². The number of carbonyl (C=O) groups is 2. The molecular weight excluding hydrogens is 303 g/mol. The Balaban J connectivity index is 2.53. The van der Waals surface area contributed by atoms with Crippen molar-refractivity contribution in [3.8, 4) is 0 Å². The first-order valence-corrected chi connectivity index (χ1v) is 7.11. The highest BCUT2D eigenvalue weighted by Crippen LogP contribution is 2.18. The summed E-state index contributed by atoms with van der Waals surface area (Å²) < 4.78 is 13.3. The molecule has 0 saturated carbocycles. The topological polar surface area (TPSA) is 90.5 Å². The number of rotatable bonds is 5. The lowest BCUT2D eigenvalue weighted by molar-refractivity contribution is -0.137. The standard InChI is InChI=1S/C16H17FN2O4/c1-9(2)7-19(8-15(21)22)16(23)12-6-14(20)18-13-5-10(17)3-4-11(12)13/h3-6,9H,7-8H2,1-2H3,(H,18,20)(H,21,22). The summed E-state index contributed by atoms with van der Waals surface area (Å²) in [6, 6.07) is 4.80. The van der Waals surface area contributed by atoms with E-state index < -0.39 is 29.8 Å². The number of hydrogen-bond donors (Lipinski definition) is 2. The Labute approximate surface area is 131 Å². The highest BCUT2D eigenvalue weighted by molar-refractivity contribution is 6.06. The summed E-state index contributed by atoms with van der Waals surface area (Å²) in [6.07, 6.45) is 0. The molecule has 0 aliphatic rings. The summed E-state index contributed by atoms with van der Waals surface area (Å²) >= 11 is 0. The molecule has 122 valence electrons. The van der Waals surface area contributed by atoms with E-state index in [9.17, 15) is 18.8 Å². The second-order valence-electron chi connectivity index (χ2n) is 5.71. The maximum atomic E-state index is 13.3. The zero-order valence-electron chi connectivity index (χ0n) is 12.8. The largest absolute Gasteiger partial charge is 0.480 e. The van der Waals surface area contributed by atoms with Gasteiger partial charge >= 0.3 is 5.97 Å². The number of aromatic amines is 1. The number of aliphatic carboxylic acids is 1. The summed E-state index contributed by atoms with van der Waals surface area (Å²) in [5, 5.41) is 9.36. The Bertz CT molecular complexity index is 813. The third-order valence-electron chi connectivity index (χ3n) is 3.23. The normalized spacial score (nSPS) is 11.0. The fraction of sp³-hybridized carbons (Fsp3) is 0.312. The summed E-state index contributed by atoms with van der Waals surface area (Å²) in [6.45, 7) is 3.48. The van der Waals surface area contributed by atoms with E-state index in [4.69, 9.17) is 5.11 Å². The van der Waals surface area contributed by atoms with E-state index >= 15 is 0 Å². The Hall–Kier alpha value is -2.70. The lowest BCUT2D eigenvalue weighted by Gasteiger charge is -2.23. The highest BCUT2D eigenvalue weighted by atomic mass is 19.1. The third-order valence-corrected chi connectivity index (χ3v) is 3.23. The van der Waals surface area contributed by atoms with E-state index in [0.29, 0.717) is 5.39 Å². The van der Waals surface area contributed by atoms with Crippen molar-refractivity contribution in [2.75, 3.05) is 13.1 Å². The Morgan fingerprint density at radius 2 is 2.00 bits per heavy atom. The van der Waals surface area contributed by atoms with Crippen molar-refractivity contribution in [1.82, 2.24) is 9.88 Å². The molecule has 0 bridgehead atoms. The van der Waals surface area contributed by atoms with Crippen LogP contribution < -0.4 is 5.56 Å². The molecule has 1 aromatic heterocycles. The molecule has 0 spiro atoms. The predicted octanol–water partition coefficient (Wildman–Crippen LogP) is 1.85. The first kappa shape index (κ1) is 16.7. The second-order valence-corrected chi connectivity index (χ2v) is 5.71. The van der Waals surface area contributed by atoms with Crippen molar-refractivity contribution in [3.63, 3.8) is 0 Å². The molecule has 0 aliphatic heterocycles. The van der Waals surface area contributed by atoms with E-state index in [1.54, 1.807) is 0 Å². The number of benzene rings is 1. The number of halogens is 1. The van der Waals surface area contributed by atoms with Crippen LogP contribution in [0.3, 0.4) is 0 Å². The van der Waals surface area contributed by atoms with Crippen molar-refractivity contribution in [1.29, 1.82) is 0 Å². The van der Waals surface area contributed by atoms with Crippen LogP contribution in [0.5, 0.6) is 0 Å². The van der Waals surface area contributed by atoms with Crippen molar-refractivity contribution in [3.05, 3.63) is 46.0 Å². The van der Waals surface area contributed by atoms with Gasteiger partial charge in [0.15, 0.2) is 0 Å². The lowest BCUT2D eigenvalue weighted by atomic mass is 10.1. The summed E-state index contributed by atoms with van der Waals surface area (Å²) in [7, 11) is 0. The molecule has 0 radical (unpaired) electrons. The minimum Gasteiger partial charge on any atom is -0.480 e. The van der Waals surface area contributed by atoms with Crippen LogP contribution in [0.1, 0.15) is 24.2 Å². The Morgan fingerprint density at radius 3 is 2.61 bits per heavy atom. The van der Waals surface area contributed by atoms with Crippen LogP contribution in [0.2, 0.25) is 0 Å². The predicted molar refractivity (Wildman–Crippen MR) is 82.9 cm³/mol.